The van der Waals surface area contributed by atoms with Gasteiger partial charge in [0.2, 0.25) is 0 Å². The molecule has 11 aromatic rings. The van der Waals surface area contributed by atoms with Gasteiger partial charge in [0.25, 0.3) is 0 Å². The van der Waals surface area contributed by atoms with Crippen LogP contribution in [0.3, 0.4) is 0 Å². The van der Waals surface area contributed by atoms with Crippen LogP contribution < -0.4 is 4.90 Å². The molecule has 1 heterocycles. The van der Waals surface area contributed by atoms with E-state index >= 15 is 0 Å². The number of hydrogen-bond acceptors (Lipinski definition) is 2. The van der Waals surface area contributed by atoms with E-state index < -0.39 is 0 Å². The molecule has 2 heteroatoms. The number of anilines is 3. The normalized spacial score (nSPS) is 11.4. The third kappa shape index (κ3) is 5.91. The van der Waals surface area contributed by atoms with Crippen molar-refractivity contribution < 1.29 is 4.42 Å². The van der Waals surface area contributed by atoms with Crippen molar-refractivity contribution in [3.8, 4) is 44.5 Å². The molecule has 0 aliphatic carbocycles. The van der Waals surface area contributed by atoms with Gasteiger partial charge in [0, 0.05) is 38.8 Å². The molecule has 0 fully saturated rings. The summed E-state index contributed by atoms with van der Waals surface area (Å²) in [6, 6.07) is 80.4. The zero-order valence-corrected chi connectivity index (χ0v) is 31.7. The molecule has 11 rings (SSSR count). The van der Waals surface area contributed by atoms with Crippen LogP contribution in [0.1, 0.15) is 0 Å². The molecule has 0 unspecified atom stereocenters. The van der Waals surface area contributed by atoms with Crippen LogP contribution in [0.2, 0.25) is 0 Å². The van der Waals surface area contributed by atoms with Crippen LogP contribution in [0.25, 0.3) is 88.0 Å². The maximum Gasteiger partial charge on any atom is 0.143 e. The molecule has 272 valence electrons. The predicted molar refractivity (Wildman–Crippen MR) is 245 cm³/mol. The molecular weight excluding hydrogens is 703 g/mol. The summed E-state index contributed by atoms with van der Waals surface area (Å²) < 4.78 is 6.91. The van der Waals surface area contributed by atoms with E-state index in [-0.39, 0.29) is 0 Å². The van der Waals surface area contributed by atoms with Crippen molar-refractivity contribution in [1.82, 2.24) is 0 Å². The van der Waals surface area contributed by atoms with Crippen LogP contribution in [0, 0.1) is 0 Å². The van der Waals surface area contributed by atoms with Gasteiger partial charge >= 0.3 is 0 Å². The molecule has 0 N–H and O–H groups in total. The van der Waals surface area contributed by atoms with Crippen LogP contribution in [-0.4, -0.2) is 0 Å². The number of furan rings is 1. The van der Waals surface area contributed by atoms with Crippen molar-refractivity contribution in [2.75, 3.05) is 4.90 Å². The Morgan fingerprint density at radius 2 is 0.776 bits per heavy atom. The quantitative estimate of drug-likeness (QED) is 0.162. The van der Waals surface area contributed by atoms with E-state index in [1.165, 1.54) is 49.5 Å². The lowest BCUT2D eigenvalue weighted by atomic mass is 9.93. The average Bonchev–Trinajstić information content (AvgIpc) is 3.69. The summed E-state index contributed by atoms with van der Waals surface area (Å²) >= 11 is 0. The highest BCUT2D eigenvalue weighted by Gasteiger charge is 2.19. The molecule has 0 saturated carbocycles. The van der Waals surface area contributed by atoms with Crippen LogP contribution >= 0.6 is 0 Å². The lowest BCUT2D eigenvalue weighted by Crippen LogP contribution is -2.09. The summed E-state index contributed by atoms with van der Waals surface area (Å²) in [4.78, 5) is 2.32. The molecule has 58 heavy (non-hydrogen) atoms. The Bertz CT molecular complexity index is 3250. The van der Waals surface area contributed by atoms with Gasteiger partial charge in [-0.05, 0) is 110 Å². The van der Waals surface area contributed by atoms with E-state index in [1.54, 1.807) is 0 Å². The third-order valence-electron chi connectivity index (χ3n) is 11.4. The maximum absolute atomic E-state index is 6.91. The minimum absolute atomic E-state index is 0.898. The Labute approximate surface area is 337 Å². The fourth-order valence-electron chi connectivity index (χ4n) is 8.57. The molecule has 0 atom stereocenters. The number of para-hydroxylation sites is 2. The Morgan fingerprint density at radius 3 is 1.55 bits per heavy atom. The van der Waals surface area contributed by atoms with Gasteiger partial charge in [0.1, 0.15) is 11.2 Å². The van der Waals surface area contributed by atoms with Crippen molar-refractivity contribution in [3.63, 3.8) is 0 Å². The van der Waals surface area contributed by atoms with Gasteiger partial charge in [-0.2, -0.15) is 0 Å². The topological polar surface area (TPSA) is 16.4 Å². The number of nitrogens with zero attached hydrogens (tertiary/aromatic N) is 1. The maximum atomic E-state index is 6.91. The molecular formula is C56H37NO. The fourth-order valence-corrected chi connectivity index (χ4v) is 8.57. The zero-order chi connectivity index (χ0) is 38.4. The van der Waals surface area contributed by atoms with Crippen LogP contribution in [0.15, 0.2) is 229 Å². The first-order valence-electron chi connectivity index (χ1n) is 19.8. The Hall–Kier alpha value is -7.68. The largest absolute Gasteiger partial charge is 0.455 e. The Balaban J connectivity index is 0.979. The second-order valence-electron chi connectivity index (χ2n) is 14.9. The lowest BCUT2D eigenvalue weighted by molar-refractivity contribution is 0.674. The average molecular weight is 740 g/mol. The summed E-state index contributed by atoms with van der Waals surface area (Å²) in [6.45, 7) is 0. The van der Waals surface area contributed by atoms with E-state index in [9.17, 15) is 0 Å². The predicted octanol–water partition coefficient (Wildman–Crippen LogP) is 16.0. The van der Waals surface area contributed by atoms with Crippen LogP contribution in [-0.2, 0) is 0 Å². The third-order valence-corrected chi connectivity index (χ3v) is 11.4. The molecule has 10 aromatic carbocycles. The first kappa shape index (κ1) is 33.6. The van der Waals surface area contributed by atoms with Gasteiger partial charge in [-0.1, -0.05) is 170 Å². The highest BCUT2D eigenvalue weighted by atomic mass is 16.3. The standard InChI is InChI=1S/C56H37NO/c1-3-13-38(14-4-1)43-17-11-18-45(36-43)53-37-54-52-24-12-23-49(55(52)58-56(54)51-22-10-9-21-50(51)53)41-29-33-48(34-30-41)57(46-19-5-2-6-20-46)47-31-27-40(28-32-47)44-26-25-39-15-7-8-16-42(39)35-44/h1-37H. The first-order valence-corrected chi connectivity index (χ1v) is 19.8. The SMILES string of the molecule is c1ccc(-c2cccc(-c3cc4c5cccc(-c6ccc(N(c7ccccc7)c7ccc(-c8ccc9ccccc9c8)cc7)cc6)c5oc4c4ccccc34)c2)cc1. The summed E-state index contributed by atoms with van der Waals surface area (Å²) in [6.07, 6.45) is 0. The number of fused-ring (bicyclic) bond motifs is 6. The molecule has 0 aliphatic heterocycles. The van der Waals surface area contributed by atoms with E-state index in [0.29, 0.717) is 0 Å². The van der Waals surface area contributed by atoms with E-state index in [0.717, 1.165) is 55.5 Å². The van der Waals surface area contributed by atoms with E-state index in [2.05, 4.69) is 229 Å². The minimum atomic E-state index is 0.898. The minimum Gasteiger partial charge on any atom is -0.455 e. The zero-order valence-electron chi connectivity index (χ0n) is 31.7. The van der Waals surface area contributed by atoms with Crippen molar-refractivity contribution in [2.45, 2.75) is 0 Å². The number of rotatable bonds is 7. The summed E-state index contributed by atoms with van der Waals surface area (Å²) in [5.74, 6) is 0. The Morgan fingerprint density at radius 1 is 0.259 bits per heavy atom. The van der Waals surface area contributed by atoms with Gasteiger partial charge in [0.05, 0.1) is 0 Å². The van der Waals surface area contributed by atoms with Gasteiger partial charge in [-0.25, -0.2) is 0 Å². The fraction of sp³-hybridized carbons (Fsp3) is 0. The van der Waals surface area contributed by atoms with Crippen molar-refractivity contribution in [3.05, 3.63) is 224 Å². The van der Waals surface area contributed by atoms with Gasteiger partial charge < -0.3 is 9.32 Å². The second kappa shape index (κ2) is 14.1. The molecule has 0 saturated heterocycles. The van der Waals surface area contributed by atoms with Crippen LogP contribution in [0.4, 0.5) is 17.1 Å². The highest BCUT2D eigenvalue weighted by molar-refractivity contribution is 6.20. The first-order chi connectivity index (χ1) is 28.7. The monoisotopic (exact) mass is 739 g/mol. The molecule has 2 nitrogen and oxygen atoms in total. The molecule has 0 spiro atoms. The van der Waals surface area contributed by atoms with E-state index in [4.69, 9.17) is 4.42 Å². The van der Waals surface area contributed by atoms with Gasteiger partial charge in [-0.3, -0.25) is 0 Å². The molecule has 1 aromatic heterocycles. The van der Waals surface area contributed by atoms with Crippen LogP contribution in [0.5, 0.6) is 0 Å². The Kier molecular flexibility index (Phi) is 8.19. The molecule has 0 amide bonds. The summed E-state index contributed by atoms with van der Waals surface area (Å²) in [5, 5.41) is 7.02. The van der Waals surface area contributed by atoms with E-state index in [1.807, 2.05) is 0 Å². The number of hydrogen-bond donors (Lipinski definition) is 0. The summed E-state index contributed by atoms with van der Waals surface area (Å²) in [5.41, 5.74) is 14.5. The molecule has 0 radical (unpaired) electrons. The smallest absolute Gasteiger partial charge is 0.143 e. The lowest BCUT2D eigenvalue weighted by Gasteiger charge is -2.26. The molecule has 0 bridgehead atoms. The van der Waals surface area contributed by atoms with Gasteiger partial charge in [0.15, 0.2) is 0 Å². The van der Waals surface area contributed by atoms with Crippen molar-refractivity contribution in [1.29, 1.82) is 0 Å². The van der Waals surface area contributed by atoms with Gasteiger partial charge in [-0.15, -0.1) is 0 Å². The summed E-state index contributed by atoms with van der Waals surface area (Å²) in [7, 11) is 0. The molecule has 0 aliphatic rings. The highest BCUT2D eigenvalue weighted by Crippen LogP contribution is 2.44. The van der Waals surface area contributed by atoms with Crippen molar-refractivity contribution >= 4 is 60.5 Å². The van der Waals surface area contributed by atoms with Crippen molar-refractivity contribution in [2.24, 2.45) is 0 Å². The second-order valence-corrected chi connectivity index (χ2v) is 14.9. The number of benzene rings is 10.